The van der Waals surface area contributed by atoms with Gasteiger partial charge in [0, 0.05) is 38.1 Å². The van der Waals surface area contributed by atoms with Crippen LogP contribution in [0.25, 0.3) is 17.1 Å². The Morgan fingerprint density at radius 2 is 2.06 bits per heavy atom. The number of carbonyl (C=O) groups is 1. The number of pyridine rings is 1. The highest BCUT2D eigenvalue weighted by molar-refractivity contribution is 5.90. The molecule has 14 heteroatoms. The fraction of sp³-hybridized carbons (Fsp3) is 0.238. The minimum atomic E-state index is -4.51. The molecule has 0 bridgehead atoms. The van der Waals surface area contributed by atoms with E-state index in [9.17, 15) is 18.0 Å². The minimum absolute atomic E-state index is 0.0929. The lowest BCUT2D eigenvalue weighted by molar-refractivity contribution is -0.137. The number of aromatic amines is 1. The van der Waals surface area contributed by atoms with Crippen LogP contribution in [0.5, 0.6) is 0 Å². The zero-order valence-electron chi connectivity index (χ0n) is 18.1. The van der Waals surface area contributed by atoms with Crippen molar-refractivity contribution < 1.29 is 22.4 Å². The van der Waals surface area contributed by atoms with Crippen molar-refractivity contribution in [2.24, 2.45) is 7.05 Å². The van der Waals surface area contributed by atoms with Gasteiger partial charge in [-0.05, 0) is 24.3 Å². The van der Waals surface area contributed by atoms with Crippen molar-refractivity contribution in [3.05, 3.63) is 71.5 Å². The zero-order valence-corrected chi connectivity index (χ0v) is 18.1. The van der Waals surface area contributed by atoms with Crippen LogP contribution in [0, 0.1) is 0 Å². The number of alkyl halides is 3. The highest BCUT2D eigenvalue weighted by Gasteiger charge is 2.38. The number of nitrogens with one attached hydrogen (secondary N) is 1. The summed E-state index contributed by atoms with van der Waals surface area (Å²) in [4.78, 5) is 22.3. The number of hydrogen-bond donors (Lipinski definition) is 1. The van der Waals surface area contributed by atoms with Gasteiger partial charge in [-0.1, -0.05) is 0 Å². The maximum atomic E-state index is 13.4. The molecule has 11 nitrogen and oxygen atoms in total. The summed E-state index contributed by atoms with van der Waals surface area (Å²) in [7, 11) is 1.73. The van der Waals surface area contributed by atoms with E-state index in [1.807, 2.05) is 0 Å². The van der Waals surface area contributed by atoms with Gasteiger partial charge < -0.3 is 14.3 Å². The predicted octanol–water partition coefficient (Wildman–Crippen LogP) is 2.65. The Morgan fingerprint density at radius 3 is 2.83 bits per heavy atom. The van der Waals surface area contributed by atoms with Crippen LogP contribution in [0.2, 0.25) is 0 Å². The maximum Gasteiger partial charge on any atom is 0.417 e. The lowest BCUT2D eigenvalue weighted by Gasteiger charge is -2.32. The first-order valence-electron chi connectivity index (χ1n) is 10.5. The quantitative estimate of drug-likeness (QED) is 0.419. The standard InChI is InChI=1S/C21H16F3N9O2/c1-31-6-4-14(29-31)18-27-28-19(35-18)20(34)32-7-5-13-16(26-10-25-13)17(32)15-8-12-3-2-11(21(22,23)24)9-33(12)30-15/h2-4,6,8-10,17H,5,7H2,1H3,(H,25,26)/t17-/m1/s1. The smallest absolute Gasteiger partial charge is 0.411 e. The Labute approximate surface area is 194 Å². The predicted molar refractivity (Wildman–Crippen MR) is 112 cm³/mol. The summed E-state index contributed by atoms with van der Waals surface area (Å²) in [5.74, 6) is -0.695. The zero-order chi connectivity index (χ0) is 24.3. The molecule has 0 unspecified atom stereocenters. The van der Waals surface area contributed by atoms with E-state index in [2.05, 4.69) is 30.4 Å². The molecule has 0 spiro atoms. The lowest BCUT2D eigenvalue weighted by Crippen LogP contribution is -2.41. The summed E-state index contributed by atoms with van der Waals surface area (Å²) >= 11 is 0. The maximum absolute atomic E-state index is 13.4. The average molecular weight is 483 g/mol. The van der Waals surface area contributed by atoms with Gasteiger partial charge in [-0.3, -0.25) is 9.48 Å². The number of halogens is 3. The normalized spacial score (nSPS) is 16.1. The Kier molecular flexibility index (Phi) is 4.52. The second-order valence-corrected chi connectivity index (χ2v) is 8.06. The van der Waals surface area contributed by atoms with Gasteiger partial charge in [-0.25, -0.2) is 9.50 Å². The summed E-state index contributed by atoms with van der Waals surface area (Å²) in [6, 6.07) is 4.85. The molecule has 5 aromatic rings. The van der Waals surface area contributed by atoms with Gasteiger partial charge in [-0.2, -0.15) is 23.4 Å². The van der Waals surface area contributed by atoms with Crippen molar-refractivity contribution in [2.45, 2.75) is 18.6 Å². The van der Waals surface area contributed by atoms with Gasteiger partial charge in [0.2, 0.25) is 0 Å². The molecule has 0 fully saturated rings. The molecule has 0 radical (unpaired) electrons. The van der Waals surface area contributed by atoms with Crippen molar-refractivity contribution in [3.8, 4) is 11.6 Å². The van der Waals surface area contributed by atoms with E-state index in [0.29, 0.717) is 29.0 Å². The van der Waals surface area contributed by atoms with Crippen molar-refractivity contribution in [1.82, 2.24) is 44.5 Å². The second kappa shape index (κ2) is 7.51. The van der Waals surface area contributed by atoms with Crippen molar-refractivity contribution in [3.63, 3.8) is 0 Å². The van der Waals surface area contributed by atoms with Crippen LogP contribution >= 0.6 is 0 Å². The molecule has 35 heavy (non-hydrogen) atoms. The molecule has 6 rings (SSSR count). The molecule has 1 aliphatic heterocycles. The molecule has 0 saturated heterocycles. The molecule has 0 aliphatic carbocycles. The van der Waals surface area contributed by atoms with Gasteiger partial charge in [-0.15, -0.1) is 10.2 Å². The van der Waals surface area contributed by atoms with Crippen LogP contribution < -0.4 is 0 Å². The highest BCUT2D eigenvalue weighted by Crippen LogP contribution is 2.35. The van der Waals surface area contributed by atoms with Crippen LogP contribution in [0.4, 0.5) is 13.2 Å². The minimum Gasteiger partial charge on any atom is -0.411 e. The first-order chi connectivity index (χ1) is 16.8. The molecule has 1 aliphatic rings. The van der Waals surface area contributed by atoms with E-state index in [0.717, 1.165) is 22.5 Å². The Morgan fingerprint density at radius 1 is 1.20 bits per heavy atom. The molecular weight excluding hydrogens is 467 g/mol. The highest BCUT2D eigenvalue weighted by atomic mass is 19.4. The van der Waals surface area contributed by atoms with E-state index in [1.165, 1.54) is 17.3 Å². The van der Waals surface area contributed by atoms with Gasteiger partial charge in [0.05, 0.1) is 28.8 Å². The Bertz CT molecular complexity index is 1560. The SMILES string of the molecule is Cn1ccc(-c2nnc(C(=O)N3CCc4[nH]cnc4[C@H]3c3cc4ccc(C(F)(F)F)cn4n3)o2)n1. The van der Waals surface area contributed by atoms with Crippen LogP contribution in [-0.2, 0) is 19.6 Å². The molecule has 1 N–H and O–H groups in total. The Balaban J connectivity index is 1.39. The summed E-state index contributed by atoms with van der Waals surface area (Å²) < 4.78 is 47.8. The van der Waals surface area contributed by atoms with Crippen molar-refractivity contribution >= 4 is 11.4 Å². The largest absolute Gasteiger partial charge is 0.417 e. The third kappa shape index (κ3) is 3.53. The molecule has 6 heterocycles. The van der Waals surface area contributed by atoms with Crippen LogP contribution in [-0.4, -0.2) is 56.9 Å². The first-order valence-corrected chi connectivity index (χ1v) is 10.5. The number of rotatable bonds is 3. The molecule has 1 atom stereocenters. The fourth-order valence-electron chi connectivity index (χ4n) is 4.17. The summed E-state index contributed by atoms with van der Waals surface area (Å²) in [5, 5.41) is 16.4. The average Bonchev–Trinajstić information content (AvgIpc) is 3.62. The summed E-state index contributed by atoms with van der Waals surface area (Å²) in [6.45, 7) is 0.279. The van der Waals surface area contributed by atoms with Crippen LogP contribution in [0.15, 0.2) is 47.4 Å². The number of amides is 1. The summed E-state index contributed by atoms with van der Waals surface area (Å²) in [5.41, 5.74) is 1.75. The van der Waals surface area contributed by atoms with E-state index >= 15 is 0 Å². The Hall–Kier alpha value is -4.49. The molecular formula is C21H16F3N9O2. The molecule has 5 aromatic heterocycles. The number of aryl methyl sites for hydroxylation is 1. The molecule has 0 aromatic carbocycles. The number of fused-ring (bicyclic) bond motifs is 2. The van der Waals surface area contributed by atoms with Gasteiger partial charge in [0.25, 0.3) is 5.89 Å². The number of carbonyl (C=O) groups excluding carboxylic acids is 1. The van der Waals surface area contributed by atoms with Crippen molar-refractivity contribution in [2.75, 3.05) is 6.54 Å². The van der Waals surface area contributed by atoms with Crippen LogP contribution in [0.3, 0.4) is 0 Å². The van der Waals surface area contributed by atoms with E-state index in [1.54, 1.807) is 30.1 Å². The molecule has 0 saturated carbocycles. The summed E-state index contributed by atoms with van der Waals surface area (Å²) in [6.07, 6.45) is 0.107. The van der Waals surface area contributed by atoms with E-state index in [-0.39, 0.29) is 18.3 Å². The van der Waals surface area contributed by atoms with E-state index < -0.39 is 23.7 Å². The van der Waals surface area contributed by atoms with Gasteiger partial charge in [0.15, 0.2) is 0 Å². The topological polar surface area (TPSA) is 123 Å². The number of H-pyrrole nitrogens is 1. The third-order valence-corrected chi connectivity index (χ3v) is 5.81. The second-order valence-electron chi connectivity index (χ2n) is 8.06. The number of hydrogen-bond acceptors (Lipinski definition) is 7. The molecule has 178 valence electrons. The van der Waals surface area contributed by atoms with Gasteiger partial charge in [0.1, 0.15) is 11.7 Å². The first kappa shape index (κ1) is 21.1. The number of aromatic nitrogens is 8. The van der Waals surface area contributed by atoms with Crippen molar-refractivity contribution in [1.29, 1.82) is 0 Å². The molecule has 1 amide bonds. The van der Waals surface area contributed by atoms with Crippen LogP contribution in [0.1, 0.15) is 39.4 Å². The number of imidazole rings is 1. The fourth-order valence-corrected chi connectivity index (χ4v) is 4.17. The van der Waals surface area contributed by atoms with E-state index in [4.69, 9.17) is 4.42 Å². The van der Waals surface area contributed by atoms with Gasteiger partial charge >= 0.3 is 18.0 Å². The monoisotopic (exact) mass is 483 g/mol. The number of nitrogens with zero attached hydrogens (tertiary/aromatic N) is 8. The third-order valence-electron chi connectivity index (χ3n) is 5.81. The lowest BCUT2D eigenvalue weighted by atomic mass is 9.99.